The summed E-state index contributed by atoms with van der Waals surface area (Å²) in [6, 6.07) is 9.63. The van der Waals surface area contributed by atoms with Crippen LogP contribution in [0, 0.1) is 0 Å². The molecule has 3 rings (SSSR count). The summed E-state index contributed by atoms with van der Waals surface area (Å²) in [5.41, 5.74) is 1.55. The van der Waals surface area contributed by atoms with Gasteiger partial charge in [0.1, 0.15) is 0 Å². The first-order valence-electron chi connectivity index (χ1n) is 10.4. The number of nitrogens with zero attached hydrogens (tertiary/aromatic N) is 1. The third-order valence-corrected chi connectivity index (χ3v) is 7.07. The largest absolute Gasteiger partial charge is 0.493 e. The quantitative estimate of drug-likeness (QED) is 0.563. The van der Waals surface area contributed by atoms with Crippen molar-refractivity contribution < 1.29 is 32.2 Å². The van der Waals surface area contributed by atoms with Crippen molar-refractivity contribution in [3.63, 3.8) is 0 Å². The lowest BCUT2D eigenvalue weighted by atomic mass is 10.2. The van der Waals surface area contributed by atoms with Crippen LogP contribution in [-0.4, -0.2) is 66.4 Å². The van der Waals surface area contributed by atoms with Gasteiger partial charge >= 0.3 is 6.03 Å². The average molecular weight is 480 g/mol. The molecule has 11 heteroatoms. The van der Waals surface area contributed by atoms with Crippen molar-refractivity contribution in [3.8, 4) is 17.2 Å². The van der Waals surface area contributed by atoms with Gasteiger partial charge < -0.3 is 29.6 Å². The number of nitrogens with one attached hydrogen (secondary N) is 2. The number of urea groups is 1. The normalized spacial score (nSPS) is 14.4. The maximum Gasteiger partial charge on any atom is 0.315 e. The van der Waals surface area contributed by atoms with Gasteiger partial charge in [0.25, 0.3) is 0 Å². The first-order chi connectivity index (χ1) is 15.9. The Morgan fingerprint density at radius 3 is 1.97 bits per heavy atom. The zero-order valence-electron chi connectivity index (χ0n) is 18.9. The van der Waals surface area contributed by atoms with E-state index < -0.39 is 10.0 Å². The molecule has 1 saturated heterocycles. The number of carbonyl (C=O) groups excluding carboxylic acids is 1. The monoisotopic (exact) mass is 479 g/mol. The molecule has 2 aromatic rings. The van der Waals surface area contributed by atoms with Crippen LogP contribution in [0.25, 0.3) is 0 Å². The lowest BCUT2D eigenvalue weighted by molar-refractivity contribution is 0.0730. The number of sulfonamides is 1. The molecule has 0 aromatic heterocycles. The molecule has 180 valence electrons. The zero-order chi connectivity index (χ0) is 23.8. The van der Waals surface area contributed by atoms with Crippen molar-refractivity contribution in [2.75, 3.05) is 47.6 Å². The Hall–Kier alpha value is -3.02. The summed E-state index contributed by atoms with van der Waals surface area (Å²) in [7, 11) is 1.04. The Labute approximate surface area is 193 Å². The van der Waals surface area contributed by atoms with Gasteiger partial charge in [-0.3, -0.25) is 0 Å². The van der Waals surface area contributed by atoms with E-state index in [0.717, 1.165) is 11.1 Å². The number of morpholine rings is 1. The predicted molar refractivity (Wildman–Crippen MR) is 121 cm³/mol. The Morgan fingerprint density at radius 2 is 1.45 bits per heavy atom. The predicted octanol–water partition coefficient (Wildman–Crippen LogP) is 1.73. The Kier molecular flexibility index (Phi) is 8.37. The molecule has 2 amide bonds. The second-order valence-electron chi connectivity index (χ2n) is 7.23. The summed E-state index contributed by atoms with van der Waals surface area (Å²) in [6.07, 6.45) is 0. The summed E-state index contributed by atoms with van der Waals surface area (Å²) in [4.78, 5) is 12.5. The topological polar surface area (TPSA) is 115 Å². The SMILES string of the molecule is COc1cc(CNC(=O)NCc2ccc(S(=O)(=O)N3CCOCC3)cc2)cc(OC)c1OC. The van der Waals surface area contributed by atoms with Crippen LogP contribution < -0.4 is 24.8 Å². The summed E-state index contributed by atoms with van der Waals surface area (Å²) < 4.78 is 47.9. The van der Waals surface area contributed by atoms with Crippen molar-refractivity contribution >= 4 is 16.1 Å². The van der Waals surface area contributed by atoms with Crippen LogP contribution in [0.4, 0.5) is 4.79 Å². The molecule has 1 heterocycles. The highest BCUT2D eigenvalue weighted by molar-refractivity contribution is 7.89. The van der Waals surface area contributed by atoms with Crippen LogP contribution in [0.15, 0.2) is 41.3 Å². The summed E-state index contributed by atoms with van der Waals surface area (Å²) in [5, 5.41) is 5.53. The van der Waals surface area contributed by atoms with Crippen molar-refractivity contribution in [1.82, 2.24) is 14.9 Å². The third-order valence-electron chi connectivity index (χ3n) is 5.16. The molecule has 1 aliphatic heterocycles. The van der Waals surface area contributed by atoms with E-state index in [-0.39, 0.29) is 24.0 Å². The fraction of sp³-hybridized carbons (Fsp3) is 0.409. The van der Waals surface area contributed by atoms with Gasteiger partial charge in [0.05, 0.1) is 39.4 Å². The van der Waals surface area contributed by atoms with Gasteiger partial charge in [-0.25, -0.2) is 13.2 Å². The maximum absolute atomic E-state index is 12.7. The van der Waals surface area contributed by atoms with Crippen LogP contribution in [0.1, 0.15) is 11.1 Å². The van der Waals surface area contributed by atoms with Gasteiger partial charge in [-0.2, -0.15) is 4.31 Å². The van der Waals surface area contributed by atoms with E-state index in [0.29, 0.717) is 43.6 Å². The van der Waals surface area contributed by atoms with Gasteiger partial charge in [-0.15, -0.1) is 0 Å². The number of methoxy groups -OCH3 is 3. The van der Waals surface area contributed by atoms with Crippen molar-refractivity contribution in [2.24, 2.45) is 0 Å². The number of rotatable bonds is 9. The Balaban J connectivity index is 1.54. The molecule has 0 spiro atoms. The molecule has 0 bridgehead atoms. The van der Waals surface area contributed by atoms with E-state index in [4.69, 9.17) is 18.9 Å². The third kappa shape index (κ3) is 6.06. The van der Waals surface area contributed by atoms with E-state index >= 15 is 0 Å². The number of carbonyl (C=O) groups is 1. The average Bonchev–Trinajstić information content (AvgIpc) is 2.86. The van der Waals surface area contributed by atoms with Crippen LogP contribution >= 0.6 is 0 Å². The van der Waals surface area contributed by atoms with Crippen molar-refractivity contribution in [1.29, 1.82) is 0 Å². The van der Waals surface area contributed by atoms with Crippen LogP contribution in [0.3, 0.4) is 0 Å². The molecule has 0 unspecified atom stereocenters. The van der Waals surface area contributed by atoms with Crippen LogP contribution in [0.2, 0.25) is 0 Å². The van der Waals surface area contributed by atoms with E-state index in [1.54, 1.807) is 36.4 Å². The number of hydrogen-bond donors (Lipinski definition) is 2. The molecule has 2 aromatic carbocycles. The molecule has 0 saturated carbocycles. The molecule has 10 nitrogen and oxygen atoms in total. The molecule has 0 radical (unpaired) electrons. The van der Waals surface area contributed by atoms with E-state index in [1.165, 1.54) is 25.6 Å². The van der Waals surface area contributed by atoms with E-state index in [2.05, 4.69) is 10.6 Å². The number of amides is 2. The Bertz CT molecular complexity index is 1030. The fourth-order valence-electron chi connectivity index (χ4n) is 3.38. The molecule has 1 aliphatic rings. The summed E-state index contributed by atoms with van der Waals surface area (Å²) in [6.45, 7) is 1.98. The van der Waals surface area contributed by atoms with Crippen LogP contribution in [0.5, 0.6) is 17.2 Å². The fourth-order valence-corrected chi connectivity index (χ4v) is 4.79. The van der Waals surface area contributed by atoms with Crippen molar-refractivity contribution in [2.45, 2.75) is 18.0 Å². The minimum atomic E-state index is -3.54. The second kappa shape index (κ2) is 11.2. The first-order valence-corrected chi connectivity index (χ1v) is 11.8. The second-order valence-corrected chi connectivity index (χ2v) is 9.17. The van der Waals surface area contributed by atoms with Crippen LogP contribution in [-0.2, 0) is 27.8 Å². The molecule has 33 heavy (non-hydrogen) atoms. The van der Waals surface area contributed by atoms with Gasteiger partial charge in [0.15, 0.2) is 11.5 Å². The summed E-state index contributed by atoms with van der Waals surface area (Å²) >= 11 is 0. The number of hydrogen-bond acceptors (Lipinski definition) is 7. The Morgan fingerprint density at radius 1 is 0.909 bits per heavy atom. The summed E-state index contributed by atoms with van der Waals surface area (Å²) in [5.74, 6) is 1.48. The number of benzene rings is 2. The molecule has 1 fully saturated rings. The molecular formula is C22H29N3O7S. The first kappa shape index (κ1) is 24.6. The lowest BCUT2D eigenvalue weighted by Gasteiger charge is -2.26. The maximum atomic E-state index is 12.7. The standard InChI is InChI=1S/C22H29N3O7S/c1-29-19-12-17(13-20(30-2)21(19)31-3)15-24-22(26)23-14-16-4-6-18(7-5-16)33(27,28)25-8-10-32-11-9-25/h4-7,12-13H,8-11,14-15H2,1-3H3,(H2,23,24,26). The molecule has 2 N–H and O–H groups in total. The highest BCUT2D eigenvalue weighted by Gasteiger charge is 2.26. The highest BCUT2D eigenvalue weighted by Crippen LogP contribution is 2.38. The van der Waals surface area contributed by atoms with Gasteiger partial charge in [0, 0.05) is 26.2 Å². The zero-order valence-corrected chi connectivity index (χ0v) is 19.7. The molecule has 0 atom stereocenters. The van der Waals surface area contributed by atoms with Gasteiger partial charge in [-0.05, 0) is 35.4 Å². The highest BCUT2D eigenvalue weighted by atomic mass is 32.2. The minimum absolute atomic E-state index is 0.222. The van der Waals surface area contributed by atoms with E-state index in [1.807, 2.05) is 0 Å². The van der Waals surface area contributed by atoms with Gasteiger partial charge in [0.2, 0.25) is 15.8 Å². The molecule has 0 aliphatic carbocycles. The molecular weight excluding hydrogens is 450 g/mol. The van der Waals surface area contributed by atoms with Gasteiger partial charge in [-0.1, -0.05) is 12.1 Å². The van der Waals surface area contributed by atoms with Crippen molar-refractivity contribution in [3.05, 3.63) is 47.5 Å². The van der Waals surface area contributed by atoms with E-state index in [9.17, 15) is 13.2 Å². The lowest BCUT2D eigenvalue weighted by Crippen LogP contribution is -2.40. The number of ether oxygens (including phenoxy) is 4. The minimum Gasteiger partial charge on any atom is -0.493 e. The smallest absolute Gasteiger partial charge is 0.315 e.